The van der Waals surface area contributed by atoms with E-state index >= 15 is 0 Å². The molecule has 0 unspecified atom stereocenters. The van der Waals surface area contributed by atoms with Gasteiger partial charge in [-0.05, 0) is 70.4 Å². The van der Waals surface area contributed by atoms with Crippen LogP contribution in [0.1, 0.15) is 23.2 Å². The third-order valence-electron chi connectivity index (χ3n) is 5.79. The van der Waals surface area contributed by atoms with Crippen molar-refractivity contribution >= 4 is 38.1 Å². The lowest BCUT2D eigenvalue weighted by Gasteiger charge is -2.25. The molecule has 0 spiro atoms. The summed E-state index contributed by atoms with van der Waals surface area (Å²) in [6.45, 7) is 0. The molecule has 0 bridgehead atoms. The highest BCUT2D eigenvalue weighted by atomic mass is 35.5. The minimum Gasteiger partial charge on any atom is -0.497 e. The molecule has 162 valence electrons. The van der Waals surface area contributed by atoms with Gasteiger partial charge in [0.1, 0.15) is 5.75 Å². The Morgan fingerprint density at radius 2 is 1.44 bits per heavy atom. The topological polar surface area (TPSA) is 67.4 Å². The van der Waals surface area contributed by atoms with E-state index in [2.05, 4.69) is 10.0 Å². The zero-order chi connectivity index (χ0) is 22.3. The fourth-order valence-corrected chi connectivity index (χ4v) is 5.64. The molecule has 2 atom stereocenters. The van der Waals surface area contributed by atoms with Crippen LogP contribution in [0.25, 0.3) is 10.8 Å². The highest BCUT2D eigenvalue weighted by Crippen LogP contribution is 2.46. The molecule has 0 saturated carbocycles. The summed E-state index contributed by atoms with van der Waals surface area (Å²) in [5.41, 5.74) is 2.87. The average Bonchev–Trinajstić information content (AvgIpc) is 3.09. The fourth-order valence-electron chi connectivity index (χ4n) is 4.29. The Hall–Kier alpha value is -3.06. The van der Waals surface area contributed by atoms with Crippen LogP contribution in [-0.4, -0.2) is 15.5 Å². The maximum Gasteiger partial charge on any atom is 0.241 e. The third-order valence-corrected chi connectivity index (χ3v) is 7.50. The Labute approximate surface area is 192 Å². The summed E-state index contributed by atoms with van der Waals surface area (Å²) in [6, 6.07) is 25.1. The molecule has 5 rings (SSSR count). The lowest BCUT2D eigenvalue weighted by molar-refractivity contribution is 0.415. The van der Waals surface area contributed by atoms with Crippen LogP contribution in [0.4, 0.5) is 5.69 Å². The van der Waals surface area contributed by atoms with E-state index in [1.807, 2.05) is 60.7 Å². The van der Waals surface area contributed by atoms with Gasteiger partial charge in [-0.2, -0.15) is 0 Å². The minimum atomic E-state index is -3.78. The maximum absolute atomic E-state index is 13.3. The van der Waals surface area contributed by atoms with Crippen LogP contribution in [0, 0.1) is 0 Å². The first-order chi connectivity index (χ1) is 15.5. The van der Waals surface area contributed by atoms with Crippen molar-refractivity contribution in [2.24, 2.45) is 0 Å². The second kappa shape index (κ2) is 8.13. The molecular weight excluding hydrogens is 444 g/mol. The molecule has 4 aromatic carbocycles. The van der Waals surface area contributed by atoms with E-state index in [1.165, 1.54) is 12.1 Å². The molecule has 1 aliphatic carbocycles. The number of sulfonamides is 1. The van der Waals surface area contributed by atoms with E-state index < -0.39 is 16.1 Å². The molecule has 32 heavy (non-hydrogen) atoms. The van der Waals surface area contributed by atoms with Crippen molar-refractivity contribution in [3.05, 3.63) is 101 Å². The molecule has 0 heterocycles. The van der Waals surface area contributed by atoms with Gasteiger partial charge in [0, 0.05) is 10.7 Å². The van der Waals surface area contributed by atoms with Crippen LogP contribution in [0.15, 0.2) is 89.8 Å². The fraction of sp³-hybridized carbons (Fsp3) is 0.120. The number of methoxy groups -OCH3 is 1. The van der Waals surface area contributed by atoms with Gasteiger partial charge in [-0.1, -0.05) is 48.0 Å². The van der Waals surface area contributed by atoms with Gasteiger partial charge in [-0.3, -0.25) is 0 Å². The molecule has 0 aromatic heterocycles. The summed E-state index contributed by atoms with van der Waals surface area (Å²) in [4.78, 5) is 0.174. The SMILES string of the molecule is COc1ccc(N[C@H]2c3cccc4cccc(c34)[C@H]2NS(=O)(=O)c2ccc(Cl)cc2)cc1. The van der Waals surface area contributed by atoms with Crippen molar-refractivity contribution in [1.29, 1.82) is 0 Å². The molecule has 0 fully saturated rings. The first kappa shape index (κ1) is 20.8. The van der Waals surface area contributed by atoms with Gasteiger partial charge in [0.15, 0.2) is 0 Å². The summed E-state index contributed by atoms with van der Waals surface area (Å²) in [5, 5.41) is 6.17. The van der Waals surface area contributed by atoms with Crippen molar-refractivity contribution < 1.29 is 13.2 Å². The van der Waals surface area contributed by atoms with E-state index in [0.29, 0.717) is 5.02 Å². The summed E-state index contributed by atoms with van der Waals surface area (Å²) < 4.78 is 34.7. The highest BCUT2D eigenvalue weighted by Gasteiger charge is 2.37. The van der Waals surface area contributed by atoms with Crippen LogP contribution in [0.3, 0.4) is 0 Å². The smallest absolute Gasteiger partial charge is 0.241 e. The lowest BCUT2D eigenvalue weighted by Crippen LogP contribution is -2.33. The number of rotatable bonds is 6. The van der Waals surface area contributed by atoms with Gasteiger partial charge >= 0.3 is 0 Å². The van der Waals surface area contributed by atoms with Gasteiger partial charge in [-0.15, -0.1) is 0 Å². The molecule has 0 amide bonds. The predicted octanol–water partition coefficient (Wildman–Crippen LogP) is 5.69. The molecule has 0 radical (unpaired) electrons. The largest absolute Gasteiger partial charge is 0.497 e. The summed E-state index contributed by atoms with van der Waals surface area (Å²) in [6.07, 6.45) is 0. The molecular formula is C25H21ClN2O3S. The van der Waals surface area contributed by atoms with Crippen LogP contribution in [0.5, 0.6) is 5.75 Å². The Balaban J connectivity index is 1.56. The monoisotopic (exact) mass is 464 g/mol. The highest BCUT2D eigenvalue weighted by molar-refractivity contribution is 7.89. The predicted molar refractivity (Wildman–Crippen MR) is 128 cm³/mol. The number of anilines is 1. The Morgan fingerprint density at radius 3 is 2.06 bits per heavy atom. The van der Waals surface area contributed by atoms with Crippen molar-refractivity contribution in [2.45, 2.75) is 17.0 Å². The van der Waals surface area contributed by atoms with E-state index in [-0.39, 0.29) is 10.9 Å². The number of hydrogen-bond donors (Lipinski definition) is 2. The molecule has 5 nitrogen and oxygen atoms in total. The summed E-state index contributed by atoms with van der Waals surface area (Å²) in [5.74, 6) is 0.757. The van der Waals surface area contributed by atoms with Crippen LogP contribution in [-0.2, 0) is 10.0 Å². The summed E-state index contributed by atoms with van der Waals surface area (Å²) >= 11 is 5.95. The Morgan fingerprint density at radius 1 is 0.812 bits per heavy atom. The molecule has 0 aliphatic heterocycles. The molecule has 4 aromatic rings. The van der Waals surface area contributed by atoms with Crippen molar-refractivity contribution in [1.82, 2.24) is 4.72 Å². The van der Waals surface area contributed by atoms with Crippen LogP contribution >= 0.6 is 11.6 Å². The van der Waals surface area contributed by atoms with Crippen LogP contribution < -0.4 is 14.8 Å². The van der Waals surface area contributed by atoms with Crippen molar-refractivity contribution in [2.75, 3.05) is 12.4 Å². The number of halogens is 1. The van der Waals surface area contributed by atoms with Gasteiger partial charge < -0.3 is 10.1 Å². The molecule has 0 saturated heterocycles. The second-order valence-electron chi connectivity index (χ2n) is 7.70. The van der Waals surface area contributed by atoms with E-state index in [0.717, 1.165) is 33.3 Å². The zero-order valence-corrected chi connectivity index (χ0v) is 18.8. The number of nitrogens with one attached hydrogen (secondary N) is 2. The van der Waals surface area contributed by atoms with Gasteiger partial charge in [-0.25, -0.2) is 13.1 Å². The Kier molecular flexibility index (Phi) is 5.29. The molecule has 2 N–H and O–H groups in total. The van der Waals surface area contributed by atoms with Crippen LogP contribution in [0.2, 0.25) is 5.02 Å². The standard InChI is InChI=1S/C25H21ClN2O3S/c1-31-19-12-10-18(11-13-19)27-24-21-6-2-4-16-5-3-7-22(23(16)21)25(24)28-32(29,30)20-14-8-17(26)9-15-20/h2-15,24-25,27-28H,1H3/t24-,25+/m0/s1. The van der Waals surface area contributed by atoms with Gasteiger partial charge in [0.2, 0.25) is 10.0 Å². The normalized spacial score (nSPS) is 17.4. The molecule has 1 aliphatic rings. The lowest BCUT2D eigenvalue weighted by atomic mass is 10.0. The minimum absolute atomic E-state index is 0.174. The van der Waals surface area contributed by atoms with E-state index in [4.69, 9.17) is 16.3 Å². The first-order valence-electron chi connectivity index (χ1n) is 10.2. The maximum atomic E-state index is 13.3. The van der Waals surface area contributed by atoms with E-state index in [9.17, 15) is 8.42 Å². The van der Waals surface area contributed by atoms with Crippen molar-refractivity contribution in [3.63, 3.8) is 0 Å². The third kappa shape index (κ3) is 3.71. The average molecular weight is 465 g/mol. The van der Waals surface area contributed by atoms with Gasteiger partial charge in [0.25, 0.3) is 0 Å². The second-order valence-corrected chi connectivity index (χ2v) is 9.85. The van der Waals surface area contributed by atoms with E-state index in [1.54, 1.807) is 19.2 Å². The Bertz CT molecular complexity index is 1380. The van der Waals surface area contributed by atoms with Gasteiger partial charge in [0.05, 0.1) is 24.1 Å². The molecule has 7 heteroatoms. The first-order valence-corrected chi connectivity index (χ1v) is 12.0. The number of ether oxygens (including phenoxy) is 1. The summed E-state index contributed by atoms with van der Waals surface area (Å²) in [7, 11) is -2.16. The number of hydrogen-bond acceptors (Lipinski definition) is 4. The number of benzene rings is 4. The van der Waals surface area contributed by atoms with Crippen molar-refractivity contribution in [3.8, 4) is 5.75 Å². The quantitative estimate of drug-likeness (QED) is 0.384. The zero-order valence-electron chi connectivity index (χ0n) is 17.2.